The van der Waals surface area contributed by atoms with Crippen LogP contribution in [0.25, 0.3) is 11.5 Å². The van der Waals surface area contributed by atoms with Crippen molar-refractivity contribution in [3.05, 3.63) is 69.8 Å². The summed E-state index contributed by atoms with van der Waals surface area (Å²) >= 11 is 0. The zero-order valence-corrected chi connectivity index (χ0v) is 18.1. The van der Waals surface area contributed by atoms with Crippen molar-refractivity contribution >= 4 is 5.91 Å². The Morgan fingerprint density at radius 2 is 1.89 bits per heavy atom. The number of hydrogen-bond acceptors (Lipinski definition) is 7. The molecule has 0 aliphatic carbocycles. The van der Waals surface area contributed by atoms with E-state index in [0.717, 1.165) is 30.3 Å². The molecule has 14 heteroatoms. The molecular weight excluding hydrogens is 483 g/mol. The summed E-state index contributed by atoms with van der Waals surface area (Å²) in [5.41, 5.74) is -1.53. The number of benzene rings is 1. The third-order valence-electron chi connectivity index (χ3n) is 4.47. The van der Waals surface area contributed by atoms with Gasteiger partial charge in [0.15, 0.2) is 23.2 Å². The van der Waals surface area contributed by atoms with Gasteiger partial charge >= 0.3 is 6.36 Å². The van der Waals surface area contributed by atoms with Gasteiger partial charge < -0.3 is 24.5 Å². The normalized spacial score (nSPS) is 12.2. The molecule has 0 spiro atoms. The quantitative estimate of drug-likeness (QED) is 0.457. The highest BCUT2D eigenvalue weighted by Gasteiger charge is 2.32. The van der Waals surface area contributed by atoms with Gasteiger partial charge in [0.25, 0.3) is 11.5 Å². The highest BCUT2D eigenvalue weighted by Crippen LogP contribution is 2.28. The lowest BCUT2D eigenvalue weighted by Gasteiger charge is -2.19. The number of nitrogens with zero attached hydrogens (tertiary/aromatic N) is 2. The van der Waals surface area contributed by atoms with Crippen LogP contribution in [0.4, 0.5) is 22.0 Å². The van der Waals surface area contributed by atoms with Crippen molar-refractivity contribution in [3.8, 4) is 23.0 Å². The van der Waals surface area contributed by atoms with E-state index in [1.807, 2.05) is 0 Å². The van der Waals surface area contributed by atoms with Crippen molar-refractivity contribution in [1.82, 2.24) is 20.3 Å². The van der Waals surface area contributed by atoms with Crippen molar-refractivity contribution in [3.63, 3.8) is 0 Å². The van der Waals surface area contributed by atoms with Crippen LogP contribution in [0, 0.1) is 11.6 Å². The first-order valence-corrected chi connectivity index (χ1v) is 9.67. The van der Waals surface area contributed by atoms with Gasteiger partial charge in [0.2, 0.25) is 0 Å². The molecule has 0 aliphatic rings. The Morgan fingerprint density at radius 3 is 2.49 bits per heavy atom. The number of aromatic amines is 1. The van der Waals surface area contributed by atoms with Crippen molar-refractivity contribution in [2.45, 2.75) is 12.4 Å². The van der Waals surface area contributed by atoms with Crippen LogP contribution in [0.3, 0.4) is 0 Å². The Labute approximate surface area is 193 Å². The van der Waals surface area contributed by atoms with Gasteiger partial charge in [-0.05, 0) is 17.7 Å². The number of halogens is 5. The SMILES string of the molecule is COC[C@@H](NC(=O)c1cc(=O)[nH]c(-c2ncc(OC)cc2F)n1)c1ccc(OC(F)(F)F)c(F)c1. The Bertz CT molecular complexity index is 1280. The molecular formula is C21H17F5N4O5. The molecule has 2 N–H and O–H groups in total. The number of hydrogen-bond donors (Lipinski definition) is 2. The molecule has 3 rings (SSSR count). The minimum atomic E-state index is -5.09. The Balaban J connectivity index is 1.88. The fourth-order valence-corrected chi connectivity index (χ4v) is 2.95. The summed E-state index contributed by atoms with van der Waals surface area (Å²) < 4.78 is 79.1. The topological polar surface area (TPSA) is 115 Å². The molecule has 1 amide bonds. The standard InChI is InChI=1S/C21H17F5N4O5/c1-33-9-15(10-3-4-16(12(22)5-10)35-21(24,25)26)29-20(32)14-7-17(31)30-19(28-14)18-13(23)6-11(34-2)8-27-18/h3-8,15H,9H2,1-2H3,(H,29,32)(H,28,30,31)/t15-/m1/s1. The molecule has 0 radical (unpaired) electrons. The average Bonchev–Trinajstić information content (AvgIpc) is 2.78. The predicted octanol–water partition coefficient (Wildman–Crippen LogP) is 3.13. The molecule has 0 bridgehead atoms. The number of pyridine rings is 1. The number of aromatic nitrogens is 3. The molecule has 1 atom stereocenters. The smallest absolute Gasteiger partial charge is 0.495 e. The second kappa shape index (κ2) is 10.5. The van der Waals surface area contributed by atoms with Crippen LogP contribution >= 0.6 is 0 Å². The van der Waals surface area contributed by atoms with Gasteiger partial charge in [0.05, 0.1) is 26.0 Å². The molecule has 0 saturated carbocycles. The lowest BCUT2D eigenvalue weighted by atomic mass is 10.1. The number of rotatable bonds is 8. The van der Waals surface area contributed by atoms with E-state index in [0.29, 0.717) is 0 Å². The largest absolute Gasteiger partial charge is 0.573 e. The maximum atomic E-state index is 14.4. The molecule has 3 aromatic rings. The van der Waals surface area contributed by atoms with Gasteiger partial charge in [-0.15, -0.1) is 13.2 Å². The van der Waals surface area contributed by atoms with Crippen molar-refractivity contribution in [2.24, 2.45) is 0 Å². The molecule has 186 valence electrons. The van der Waals surface area contributed by atoms with Crippen molar-refractivity contribution < 1.29 is 41.0 Å². The average molecular weight is 500 g/mol. The zero-order chi connectivity index (χ0) is 25.8. The van der Waals surface area contributed by atoms with Crippen LogP contribution in [0.5, 0.6) is 11.5 Å². The van der Waals surface area contributed by atoms with Gasteiger partial charge in [-0.25, -0.2) is 18.7 Å². The number of alkyl halides is 3. The van der Waals surface area contributed by atoms with E-state index in [-0.39, 0.29) is 29.4 Å². The van der Waals surface area contributed by atoms with E-state index in [1.165, 1.54) is 20.4 Å². The number of carbonyl (C=O) groups excluding carboxylic acids is 1. The first-order valence-electron chi connectivity index (χ1n) is 9.67. The van der Waals surface area contributed by atoms with E-state index < -0.39 is 46.9 Å². The number of amides is 1. The van der Waals surface area contributed by atoms with Gasteiger partial charge in [-0.2, -0.15) is 0 Å². The number of ether oxygens (including phenoxy) is 3. The van der Waals surface area contributed by atoms with E-state index in [2.05, 4.69) is 25.0 Å². The minimum absolute atomic E-state index is 0.0418. The molecule has 9 nitrogen and oxygen atoms in total. The number of carbonyl (C=O) groups is 1. The van der Waals surface area contributed by atoms with E-state index in [9.17, 15) is 31.5 Å². The first-order chi connectivity index (χ1) is 16.5. The molecule has 0 aliphatic heterocycles. The lowest BCUT2D eigenvalue weighted by molar-refractivity contribution is -0.275. The van der Waals surface area contributed by atoms with Crippen LogP contribution in [-0.4, -0.2) is 48.0 Å². The third-order valence-corrected chi connectivity index (χ3v) is 4.47. The second-order valence-electron chi connectivity index (χ2n) is 6.90. The minimum Gasteiger partial charge on any atom is -0.495 e. The van der Waals surface area contributed by atoms with E-state index in [1.54, 1.807) is 0 Å². The van der Waals surface area contributed by atoms with Crippen LogP contribution in [0.1, 0.15) is 22.1 Å². The van der Waals surface area contributed by atoms with Crippen LogP contribution < -0.4 is 20.3 Å². The van der Waals surface area contributed by atoms with Crippen LogP contribution in [0.2, 0.25) is 0 Å². The molecule has 1 aromatic carbocycles. The molecule has 0 saturated heterocycles. The Morgan fingerprint density at radius 1 is 1.14 bits per heavy atom. The summed E-state index contributed by atoms with van der Waals surface area (Å²) in [5, 5.41) is 2.44. The monoisotopic (exact) mass is 500 g/mol. The molecule has 35 heavy (non-hydrogen) atoms. The van der Waals surface area contributed by atoms with Crippen molar-refractivity contribution in [1.29, 1.82) is 0 Å². The van der Waals surface area contributed by atoms with Gasteiger partial charge in [0.1, 0.15) is 17.1 Å². The maximum Gasteiger partial charge on any atom is 0.573 e. The van der Waals surface area contributed by atoms with E-state index in [4.69, 9.17) is 9.47 Å². The van der Waals surface area contributed by atoms with Gasteiger partial charge in [0, 0.05) is 19.2 Å². The summed E-state index contributed by atoms with van der Waals surface area (Å²) in [6.07, 6.45) is -3.91. The maximum absolute atomic E-state index is 14.4. The highest BCUT2D eigenvalue weighted by molar-refractivity contribution is 5.92. The van der Waals surface area contributed by atoms with Gasteiger partial charge in [-0.1, -0.05) is 6.07 Å². The molecule has 2 heterocycles. The van der Waals surface area contributed by atoms with Gasteiger partial charge in [-0.3, -0.25) is 9.59 Å². The third kappa shape index (κ3) is 6.50. The summed E-state index contributed by atoms with van der Waals surface area (Å²) in [4.78, 5) is 34.9. The number of nitrogens with one attached hydrogen (secondary N) is 2. The second-order valence-corrected chi connectivity index (χ2v) is 6.90. The van der Waals surface area contributed by atoms with Crippen molar-refractivity contribution in [2.75, 3.05) is 20.8 Å². The lowest BCUT2D eigenvalue weighted by Crippen LogP contribution is -2.33. The fourth-order valence-electron chi connectivity index (χ4n) is 2.95. The predicted molar refractivity (Wildman–Crippen MR) is 110 cm³/mol. The highest BCUT2D eigenvalue weighted by atomic mass is 19.4. The summed E-state index contributed by atoms with van der Waals surface area (Å²) in [6, 6.07) is 3.37. The summed E-state index contributed by atoms with van der Waals surface area (Å²) in [7, 11) is 2.58. The number of methoxy groups -OCH3 is 2. The fraction of sp³-hybridized carbons (Fsp3) is 0.238. The Kier molecular flexibility index (Phi) is 7.64. The number of H-pyrrole nitrogens is 1. The first kappa shape index (κ1) is 25.6. The molecule has 0 fully saturated rings. The van der Waals surface area contributed by atoms with Crippen LogP contribution in [0.15, 0.2) is 41.3 Å². The Hall–Kier alpha value is -4.07. The molecule has 0 unspecified atom stereocenters. The summed E-state index contributed by atoms with van der Waals surface area (Å²) in [5.74, 6) is -4.41. The summed E-state index contributed by atoms with van der Waals surface area (Å²) in [6.45, 7) is -0.213. The van der Waals surface area contributed by atoms with Crippen LogP contribution in [-0.2, 0) is 4.74 Å². The zero-order valence-electron chi connectivity index (χ0n) is 18.1. The molecule has 2 aromatic heterocycles. The van der Waals surface area contributed by atoms with E-state index >= 15 is 0 Å².